The standard InChI is InChI=1S/C14H23N3O2/c1-11(10-15)5-4-8-16-14(18)17-12-6-3-7-13(9-12)19-2/h3,6-7,9,11H,4-5,8,10,15H2,1-2H3,(H2,16,17,18). The van der Waals surface area contributed by atoms with Crippen LogP contribution in [-0.4, -0.2) is 26.2 Å². The van der Waals surface area contributed by atoms with E-state index in [4.69, 9.17) is 10.5 Å². The molecular weight excluding hydrogens is 242 g/mol. The molecule has 0 spiro atoms. The van der Waals surface area contributed by atoms with Crippen LogP contribution in [0.5, 0.6) is 5.75 Å². The van der Waals surface area contributed by atoms with Crippen LogP contribution < -0.4 is 21.1 Å². The summed E-state index contributed by atoms with van der Waals surface area (Å²) in [7, 11) is 1.60. The fourth-order valence-corrected chi connectivity index (χ4v) is 1.65. The number of rotatable bonds is 7. The largest absolute Gasteiger partial charge is 0.497 e. The lowest BCUT2D eigenvalue weighted by Crippen LogP contribution is -2.29. The molecule has 0 aromatic heterocycles. The molecule has 0 heterocycles. The summed E-state index contributed by atoms with van der Waals surface area (Å²) in [6.07, 6.45) is 1.96. The van der Waals surface area contributed by atoms with E-state index in [2.05, 4.69) is 17.6 Å². The number of anilines is 1. The van der Waals surface area contributed by atoms with Crippen molar-refractivity contribution < 1.29 is 9.53 Å². The smallest absolute Gasteiger partial charge is 0.319 e. The molecule has 5 nitrogen and oxygen atoms in total. The number of methoxy groups -OCH3 is 1. The molecule has 0 aliphatic heterocycles. The van der Waals surface area contributed by atoms with Crippen LogP contribution in [0.25, 0.3) is 0 Å². The second-order valence-electron chi connectivity index (χ2n) is 4.60. The van der Waals surface area contributed by atoms with Gasteiger partial charge in [0.05, 0.1) is 7.11 Å². The molecular formula is C14H23N3O2. The van der Waals surface area contributed by atoms with Crippen molar-refractivity contribution in [2.75, 3.05) is 25.5 Å². The number of benzene rings is 1. The van der Waals surface area contributed by atoms with Crippen LogP contribution in [0.2, 0.25) is 0 Å². The highest BCUT2D eigenvalue weighted by Gasteiger charge is 2.03. The van der Waals surface area contributed by atoms with Crippen molar-refractivity contribution >= 4 is 11.7 Å². The quantitative estimate of drug-likeness (QED) is 0.661. The number of ether oxygens (including phenoxy) is 1. The molecule has 5 heteroatoms. The second-order valence-corrected chi connectivity index (χ2v) is 4.60. The van der Waals surface area contributed by atoms with Gasteiger partial charge < -0.3 is 21.1 Å². The van der Waals surface area contributed by atoms with Gasteiger partial charge in [0.25, 0.3) is 0 Å². The van der Waals surface area contributed by atoms with Crippen LogP contribution in [0.15, 0.2) is 24.3 Å². The number of urea groups is 1. The molecule has 1 aromatic carbocycles. The van der Waals surface area contributed by atoms with Crippen molar-refractivity contribution in [2.45, 2.75) is 19.8 Å². The zero-order chi connectivity index (χ0) is 14.1. The second kappa shape index (κ2) is 8.37. The first-order valence-corrected chi connectivity index (χ1v) is 6.54. The van der Waals surface area contributed by atoms with E-state index in [9.17, 15) is 4.79 Å². The van der Waals surface area contributed by atoms with Gasteiger partial charge >= 0.3 is 6.03 Å². The third-order valence-corrected chi connectivity index (χ3v) is 2.89. The lowest BCUT2D eigenvalue weighted by atomic mass is 10.1. The summed E-state index contributed by atoms with van der Waals surface area (Å²) < 4.78 is 5.09. The molecule has 0 aliphatic carbocycles. The summed E-state index contributed by atoms with van der Waals surface area (Å²) in [6.45, 7) is 3.45. The van der Waals surface area contributed by atoms with Crippen LogP contribution >= 0.6 is 0 Å². The van der Waals surface area contributed by atoms with E-state index < -0.39 is 0 Å². The minimum atomic E-state index is -0.200. The summed E-state index contributed by atoms with van der Waals surface area (Å²) in [5, 5.41) is 5.58. The van der Waals surface area contributed by atoms with E-state index in [1.54, 1.807) is 13.2 Å². The van der Waals surface area contributed by atoms with E-state index in [0.717, 1.165) is 18.6 Å². The number of carbonyl (C=O) groups is 1. The molecule has 0 bridgehead atoms. The first kappa shape index (κ1) is 15.3. The number of nitrogens with one attached hydrogen (secondary N) is 2. The first-order chi connectivity index (χ1) is 9.15. The zero-order valence-corrected chi connectivity index (χ0v) is 11.6. The van der Waals surface area contributed by atoms with Gasteiger partial charge in [-0.2, -0.15) is 0 Å². The molecule has 0 saturated carbocycles. The van der Waals surface area contributed by atoms with Gasteiger partial charge in [0.1, 0.15) is 5.75 Å². The maximum Gasteiger partial charge on any atom is 0.319 e. The van der Waals surface area contributed by atoms with Crippen LogP contribution in [0.4, 0.5) is 10.5 Å². The van der Waals surface area contributed by atoms with Crippen molar-refractivity contribution in [3.8, 4) is 5.75 Å². The van der Waals surface area contributed by atoms with Crippen LogP contribution in [-0.2, 0) is 0 Å². The highest BCUT2D eigenvalue weighted by atomic mass is 16.5. The summed E-state index contributed by atoms with van der Waals surface area (Å²) in [5.41, 5.74) is 6.25. The number of nitrogens with two attached hydrogens (primary N) is 1. The third kappa shape index (κ3) is 6.10. The molecule has 2 amide bonds. The Hall–Kier alpha value is -1.75. The number of hydrogen-bond donors (Lipinski definition) is 3. The number of carbonyl (C=O) groups excluding carboxylic acids is 1. The van der Waals surface area contributed by atoms with Crippen molar-refractivity contribution in [2.24, 2.45) is 11.7 Å². The van der Waals surface area contributed by atoms with Gasteiger partial charge in [-0.25, -0.2) is 4.79 Å². The van der Waals surface area contributed by atoms with Gasteiger partial charge in [0, 0.05) is 18.3 Å². The van der Waals surface area contributed by atoms with E-state index in [-0.39, 0.29) is 6.03 Å². The van der Waals surface area contributed by atoms with Crippen LogP contribution in [0.3, 0.4) is 0 Å². The minimum Gasteiger partial charge on any atom is -0.497 e. The SMILES string of the molecule is COc1cccc(NC(=O)NCCCC(C)CN)c1. The lowest BCUT2D eigenvalue weighted by molar-refractivity contribution is 0.251. The highest BCUT2D eigenvalue weighted by Crippen LogP contribution is 2.16. The molecule has 4 N–H and O–H groups in total. The Morgan fingerprint density at radius 3 is 2.95 bits per heavy atom. The number of hydrogen-bond acceptors (Lipinski definition) is 3. The molecule has 1 rings (SSSR count). The van der Waals surface area contributed by atoms with E-state index in [1.807, 2.05) is 18.2 Å². The fourth-order valence-electron chi connectivity index (χ4n) is 1.65. The molecule has 19 heavy (non-hydrogen) atoms. The monoisotopic (exact) mass is 265 g/mol. The topological polar surface area (TPSA) is 76.4 Å². The van der Waals surface area contributed by atoms with E-state index in [0.29, 0.717) is 24.7 Å². The first-order valence-electron chi connectivity index (χ1n) is 6.54. The Morgan fingerprint density at radius 2 is 2.26 bits per heavy atom. The predicted octanol–water partition coefficient (Wildman–Crippen LogP) is 2.19. The maximum atomic E-state index is 11.6. The van der Waals surface area contributed by atoms with Gasteiger partial charge in [-0.05, 0) is 37.4 Å². The molecule has 0 saturated heterocycles. The maximum absolute atomic E-state index is 11.6. The average molecular weight is 265 g/mol. The fraction of sp³-hybridized carbons (Fsp3) is 0.500. The third-order valence-electron chi connectivity index (χ3n) is 2.89. The molecule has 1 atom stereocenters. The molecule has 0 aliphatic rings. The lowest BCUT2D eigenvalue weighted by Gasteiger charge is -2.10. The summed E-state index contributed by atoms with van der Waals surface area (Å²) >= 11 is 0. The van der Waals surface area contributed by atoms with Crippen molar-refractivity contribution in [3.63, 3.8) is 0 Å². The Balaban J connectivity index is 2.27. The van der Waals surface area contributed by atoms with Gasteiger partial charge in [-0.3, -0.25) is 0 Å². The summed E-state index contributed by atoms with van der Waals surface area (Å²) in [6, 6.07) is 7.05. The molecule has 0 fully saturated rings. The van der Waals surface area contributed by atoms with Gasteiger partial charge in [-0.1, -0.05) is 13.0 Å². The van der Waals surface area contributed by atoms with E-state index in [1.165, 1.54) is 0 Å². The van der Waals surface area contributed by atoms with Crippen molar-refractivity contribution in [1.82, 2.24) is 5.32 Å². The predicted molar refractivity (Wildman–Crippen MR) is 77.5 cm³/mol. The van der Waals surface area contributed by atoms with Crippen LogP contribution in [0.1, 0.15) is 19.8 Å². The summed E-state index contributed by atoms with van der Waals surface area (Å²) in [5.74, 6) is 1.22. The zero-order valence-electron chi connectivity index (χ0n) is 11.6. The Bertz CT molecular complexity index is 396. The van der Waals surface area contributed by atoms with Gasteiger partial charge in [0.2, 0.25) is 0 Å². The Kier molecular flexibility index (Phi) is 6.74. The van der Waals surface area contributed by atoms with Crippen molar-refractivity contribution in [3.05, 3.63) is 24.3 Å². The van der Waals surface area contributed by atoms with Gasteiger partial charge in [0.15, 0.2) is 0 Å². The highest BCUT2D eigenvalue weighted by molar-refractivity contribution is 5.89. The van der Waals surface area contributed by atoms with Crippen molar-refractivity contribution in [1.29, 1.82) is 0 Å². The Labute approximate surface area is 114 Å². The molecule has 0 radical (unpaired) electrons. The molecule has 106 valence electrons. The Morgan fingerprint density at radius 1 is 1.47 bits per heavy atom. The number of amides is 2. The minimum absolute atomic E-state index is 0.200. The normalized spacial score (nSPS) is 11.7. The van der Waals surface area contributed by atoms with E-state index >= 15 is 0 Å². The molecule has 1 unspecified atom stereocenters. The van der Waals surface area contributed by atoms with Gasteiger partial charge in [-0.15, -0.1) is 0 Å². The molecule has 1 aromatic rings. The summed E-state index contributed by atoms with van der Waals surface area (Å²) in [4.78, 5) is 11.6. The van der Waals surface area contributed by atoms with Crippen LogP contribution in [0, 0.1) is 5.92 Å². The average Bonchev–Trinajstić information content (AvgIpc) is 2.43.